The average Bonchev–Trinajstić information content (AvgIpc) is 2.38. The summed E-state index contributed by atoms with van der Waals surface area (Å²) >= 11 is 11.0. The molecule has 1 unspecified atom stereocenters. The fourth-order valence-corrected chi connectivity index (χ4v) is 2.15. The molecule has 1 aromatic carbocycles. The number of thiocarbonyl (C=S) groups is 1. The van der Waals surface area contributed by atoms with Gasteiger partial charge in [-0.3, -0.25) is 4.79 Å². The Balaban J connectivity index is 2.75. The van der Waals surface area contributed by atoms with Crippen LogP contribution < -0.4 is 15.8 Å². The van der Waals surface area contributed by atoms with E-state index in [-0.39, 0.29) is 10.9 Å². The molecular formula is C14H19ClN2O2S. The van der Waals surface area contributed by atoms with Crippen molar-refractivity contribution in [3.63, 3.8) is 0 Å². The summed E-state index contributed by atoms with van der Waals surface area (Å²) < 4.78 is 5.62. The number of benzene rings is 1. The van der Waals surface area contributed by atoms with Gasteiger partial charge in [0.15, 0.2) is 6.10 Å². The van der Waals surface area contributed by atoms with Gasteiger partial charge in [-0.05, 0) is 25.5 Å². The van der Waals surface area contributed by atoms with E-state index in [9.17, 15) is 4.79 Å². The fraction of sp³-hybridized carbons (Fsp3) is 0.429. The molecule has 0 saturated carbocycles. The van der Waals surface area contributed by atoms with Crippen molar-refractivity contribution in [2.24, 2.45) is 5.73 Å². The first-order valence-corrected chi connectivity index (χ1v) is 7.28. The summed E-state index contributed by atoms with van der Waals surface area (Å²) in [4.78, 5) is 12.0. The molecule has 0 radical (unpaired) electrons. The quantitative estimate of drug-likeness (QED) is 0.600. The Hall–Kier alpha value is -1.33. The highest BCUT2D eigenvalue weighted by Gasteiger charge is 2.18. The van der Waals surface area contributed by atoms with Gasteiger partial charge in [0.05, 0.1) is 10.6 Å². The van der Waals surface area contributed by atoms with Crippen molar-refractivity contribution in [2.45, 2.75) is 32.8 Å². The number of nitrogens with one attached hydrogen (secondary N) is 1. The van der Waals surface area contributed by atoms with Gasteiger partial charge in [0.1, 0.15) is 10.7 Å². The SMILES string of the molecule is CCCCNC(=O)C(C)Oc1cccc(Cl)c1C(N)=S. The van der Waals surface area contributed by atoms with Gasteiger partial charge in [-0.1, -0.05) is 43.2 Å². The molecule has 1 atom stereocenters. The number of halogens is 1. The molecule has 0 aliphatic rings. The summed E-state index contributed by atoms with van der Waals surface area (Å²) in [6.07, 6.45) is 1.32. The van der Waals surface area contributed by atoms with Crippen LogP contribution in [0.15, 0.2) is 18.2 Å². The van der Waals surface area contributed by atoms with E-state index >= 15 is 0 Å². The zero-order chi connectivity index (χ0) is 15.1. The number of nitrogens with two attached hydrogens (primary N) is 1. The molecule has 3 N–H and O–H groups in total. The van der Waals surface area contributed by atoms with Crippen molar-refractivity contribution in [1.29, 1.82) is 0 Å². The lowest BCUT2D eigenvalue weighted by Crippen LogP contribution is -2.37. The lowest BCUT2D eigenvalue weighted by atomic mass is 10.2. The summed E-state index contributed by atoms with van der Waals surface area (Å²) in [5, 5.41) is 3.22. The van der Waals surface area contributed by atoms with Crippen molar-refractivity contribution >= 4 is 34.7 Å². The molecule has 0 aliphatic heterocycles. The van der Waals surface area contributed by atoms with Gasteiger partial charge in [0, 0.05) is 6.54 Å². The van der Waals surface area contributed by atoms with Crippen LogP contribution in [0.1, 0.15) is 32.3 Å². The Kier molecular flexibility index (Phi) is 6.75. The second-order valence-electron chi connectivity index (χ2n) is 4.38. The predicted molar refractivity (Wildman–Crippen MR) is 85.3 cm³/mol. The first-order chi connectivity index (χ1) is 9.47. The number of unbranched alkanes of at least 4 members (excludes halogenated alkanes) is 1. The third kappa shape index (κ3) is 4.65. The lowest BCUT2D eigenvalue weighted by molar-refractivity contribution is -0.127. The summed E-state index contributed by atoms with van der Waals surface area (Å²) in [6.45, 7) is 4.37. The van der Waals surface area contributed by atoms with Crippen LogP contribution in [0.5, 0.6) is 5.75 Å². The van der Waals surface area contributed by atoms with Crippen molar-refractivity contribution in [3.05, 3.63) is 28.8 Å². The standard InChI is InChI=1S/C14H19ClN2O2S/c1-3-4-8-17-14(18)9(2)19-11-7-5-6-10(15)12(11)13(16)20/h5-7,9H,3-4,8H2,1-2H3,(H2,16,20)(H,17,18). The van der Waals surface area contributed by atoms with Crippen LogP contribution in [-0.2, 0) is 4.79 Å². The number of carbonyl (C=O) groups excluding carboxylic acids is 1. The van der Waals surface area contributed by atoms with Crippen molar-refractivity contribution in [2.75, 3.05) is 6.54 Å². The minimum Gasteiger partial charge on any atom is -0.480 e. The summed E-state index contributed by atoms with van der Waals surface area (Å²) in [5.41, 5.74) is 6.09. The molecule has 0 spiro atoms. The maximum atomic E-state index is 11.9. The Morgan fingerprint density at radius 3 is 2.85 bits per heavy atom. The number of amides is 1. The Bertz CT molecular complexity index is 494. The molecule has 110 valence electrons. The van der Waals surface area contributed by atoms with Gasteiger partial charge in [0.2, 0.25) is 0 Å². The molecule has 0 bridgehead atoms. The van der Waals surface area contributed by atoms with E-state index in [1.807, 2.05) is 0 Å². The second-order valence-corrected chi connectivity index (χ2v) is 5.23. The Morgan fingerprint density at radius 1 is 1.55 bits per heavy atom. The molecule has 1 amide bonds. The van der Waals surface area contributed by atoms with Crippen molar-refractivity contribution in [1.82, 2.24) is 5.32 Å². The number of rotatable bonds is 7. The van der Waals surface area contributed by atoms with Gasteiger partial charge >= 0.3 is 0 Å². The highest BCUT2D eigenvalue weighted by molar-refractivity contribution is 7.80. The minimum absolute atomic E-state index is 0.143. The normalized spacial score (nSPS) is 11.8. The van der Waals surface area contributed by atoms with Gasteiger partial charge < -0.3 is 15.8 Å². The van der Waals surface area contributed by atoms with E-state index in [1.165, 1.54) is 0 Å². The summed E-state index contributed by atoms with van der Waals surface area (Å²) in [5.74, 6) is 0.246. The smallest absolute Gasteiger partial charge is 0.260 e. The maximum Gasteiger partial charge on any atom is 0.260 e. The molecule has 0 aromatic heterocycles. The highest BCUT2D eigenvalue weighted by Crippen LogP contribution is 2.27. The third-order valence-electron chi connectivity index (χ3n) is 2.72. The van der Waals surface area contributed by atoms with E-state index in [1.54, 1.807) is 25.1 Å². The van der Waals surface area contributed by atoms with Crippen LogP contribution in [0.2, 0.25) is 5.02 Å². The van der Waals surface area contributed by atoms with Gasteiger partial charge in [0.25, 0.3) is 5.91 Å². The van der Waals surface area contributed by atoms with Crippen molar-refractivity contribution in [3.8, 4) is 5.75 Å². The van der Waals surface area contributed by atoms with Crippen LogP contribution in [0, 0.1) is 0 Å². The number of carbonyl (C=O) groups is 1. The van der Waals surface area contributed by atoms with Gasteiger partial charge in [-0.2, -0.15) is 0 Å². The Morgan fingerprint density at radius 2 is 2.25 bits per heavy atom. The topological polar surface area (TPSA) is 64.3 Å². The van der Waals surface area contributed by atoms with Crippen LogP contribution >= 0.6 is 23.8 Å². The third-order valence-corrected chi connectivity index (χ3v) is 3.24. The van der Waals surface area contributed by atoms with Crippen LogP contribution in [0.3, 0.4) is 0 Å². The zero-order valence-corrected chi connectivity index (χ0v) is 13.2. The molecule has 0 fully saturated rings. The van der Waals surface area contributed by atoms with E-state index < -0.39 is 6.10 Å². The molecule has 0 saturated heterocycles. The summed E-state index contributed by atoms with van der Waals surface area (Å²) in [7, 11) is 0. The molecular weight excluding hydrogens is 296 g/mol. The largest absolute Gasteiger partial charge is 0.480 e. The molecule has 0 heterocycles. The van der Waals surface area contributed by atoms with Crippen LogP contribution in [0.4, 0.5) is 0 Å². The summed E-state index contributed by atoms with van der Waals surface area (Å²) in [6, 6.07) is 5.09. The predicted octanol–water partition coefficient (Wildman–Crippen LogP) is 2.66. The molecule has 20 heavy (non-hydrogen) atoms. The molecule has 4 nitrogen and oxygen atoms in total. The highest BCUT2D eigenvalue weighted by atomic mass is 35.5. The zero-order valence-electron chi connectivity index (χ0n) is 11.6. The Labute approximate surface area is 129 Å². The fourth-order valence-electron chi connectivity index (χ4n) is 1.62. The van der Waals surface area contributed by atoms with Crippen LogP contribution in [-0.4, -0.2) is 23.5 Å². The molecule has 6 heteroatoms. The van der Waals surface area contributed by atoms with E-state index in [0.29, 0.717) is 22.9 Å². The number of ether oxygens (including phenoxy) is 1. The van der Waals surface area contributed by atoms with E-state index in [4.69, 9.17) is 34.3 Å². The molecule has 1 rings (SSSR count). The molecule has 0 aliphatic carbocycles. The average molecular weight is 315 g/mol. The number of hydrogen-bond acceptors (Lipinski definition) is 3. The number of hydrogen-bond donors (Lipinski definition) is 2. The van der Waals surface area contributed by atoms with E-state index in [2.05, 4.69) is 12.2 Å². The molecule has 1 aromatic rings. The second kappa shape index (κ2) is 8.07. The van der Waals surface area contributed by atoms with E-state index in [0.717, 1.165) is 12.8 Å². The lowest BCUT2D eigenvalue weighted by Gasteiger charge is -2.17. The minimum atomic E-state index is -0.640. The van der Waals surface area contributed by atoms with Gasteiger partial charge in [-0.15, -0.1) is 0 Å². The monoisotopic (exact) mass is 314 g/mol. The van der Waals surface area contributed by atoms with Crippen LogP contribution in [0.25, 0.3) is 0 Å². The van der Waals surface area contributed by atoms with Gasteiger partial charge in [-0.25, -0.2) is 0 Å². The van der Waals surface area contributed by atoms with Crippen molar-refractivity contribution < 1.29 is 9.53 Å². The first-order valence-electron chi connectivity index (χ1n) is 6.50. The first kappa shape index (κ1) is 16.7. The maximum absolute atomic E-state index is 11.9.